The Balaban J connectivity index is 2.43. The van der Waals surface area contributed by atoms with Crippen molar-refractivity contribution in [3.8, 4) is 0 Å². The first-order chi connectivity index (χ1) is 8.29. The Morgan fingerprint density at radius 3 is 2.61 bits per heavy atom. The van der Waals surface area contributed by atoms with Crippen molar-refractivity contribution in [1.82, 2.24) is 15.0 Å². The van der Waals surface area contributed by atoms with E-state index in [0.29, 0.717) is 0 Å². The minimum absolute atomic E-state index is 0.0201. The highest BCUT2D eigenvalue weighted by molar-refractivity contribution is 7.88. The van der Waals surface area contributed by atoms with Crippen molar-refractivity contribution in [2.75, 3.05) is 19.3 Å². The van der Waals surface area contributed by atoms with Gasteiger partial charge in [-0.3, -0.25) is 4.79 Å². The van der Waals surface area contributed by atoms with Crippen LogP contribution in [0.1, 0.15) is 20.3 Å². The standard InChI is InChI=1S/C8H11N3O5S2/c1-18(15,16)10-3-2-9-6(12)7-11-5(4-17-7)8(13)14/h4,10H,2-3H2,1H3,(H,9,12)(H,13,14). The molecule has 0 aliphatic heterocycles. The second-order valence-electron chi connectivity index (χ2n) is 3.27. The average Bonchev–Trinajstić information content (AvgIpc) is 2.72. The van der Waals surface area contributed by atoms with Crippen LogP contribution >= 0.6 is 11.3 Å². The molecule has 1 amide bonds. The molecule has 100 valence electrons. The van der Waals surface area contributed by atoms with E-state index >= 15 is 0 Å². The Bertz CT molecular complexity index is 551. The van der Waals surface area contributed by atoms with Gasteiger partial charge in [0.25, 0.3) is 5.91 Å². The normalized spacial score (nSPS) is 11.2. The maximum atomic E-state index is 11.5. The van der Waals surface area contributed by atoms with E-state index in [0.717, 1.165) is 17.6 Å². The summed E-state index contributed by atoms with van der Waals surface area (Å²) in [6.45, 7) is 0.148. The molecule has 0 saturated heterocycles. The molecule has 8 nitrogen and oxygen atoms in total. The molecule has 0 aliphatic rings. The monoisotopic (exact) mass is 293 g/mol. The first-order valence-corrected chi connectivity index (χ1v) is 7.48. The van der Waals surface area contributed by atoms with E-state index < -0.39 is 21.9 Å². The lowest BCUT2D eigenvalue weighted by atomic mass is 10.5. The molecule has 0 radical (unpaired) electrons. The zero-order chi connectivity index (χ0) is 13.8. The number of sulfonamides is 1. The molecule has 0 saturated carbocycles. The summed E-state index contributed by atoms with van der Waals surface area (Å²) >= 11 is 0.907. The number of carboxylic acids is 1. The molecule has 0 aliphatic carbocycles. The smallest absolute Gasteiger partial charge is 0.355 e. The molecule has 0 unspecified atom stereocenters. The largest absolute Gasteiger partial charge is 0.476 e. The third kappa shape index (κ3) is 4.77. The number of carbonyl (C=O) groups is 2. The van der Waals surface area contributed by atoms with E-state index in [1.165, 1.54) is 5.38 Å². The zero-order valence-corrected chi connectivity index (χ0v) is 11.0. The molecule has 1 aromatic heterocycles. The van der Waals surface area contributed by atoms with Crippen LogP contribution in [0.25, 0.3) is 0 Å². The maximum Gasteiger partial charge on any atom is 0.355 e. The van der Waals surface area contributed by atoms with Crippen molar-refractivity contribution in [2.45, 2.75) is 0 Å². The highest BCUT2D eigenvalue weighted by atomic mass is 32.2. The first-order valence-electron chi connectivity index (χ1n) is 4.71. The maximum absolute atomic E-state index is 11.5. The topological polar surface area (TPSA) is 125 Å². The van der Waals surface area contributed by atoms with E-state index in [9.17, 15) is 18.0 Å². The van der Waals surface area contributed by atoms with Gasteiger partial charge >= 0.3 is 5.97 Å². The van der Waals surface area contributed by atoms with Crippen molar-refractivity contribution in [3.63, 3.8) is 0 Å². The molecule has 18 heavy (non-hydrogen) atoms. The number of nitrogens with one attached hydrogen (secondary N) is 2. The number of hydrogen-bond acceptors (Lipinski definition) is 6. The molecule has 1 rings (SSSR count). The predicted octanol–water partition coefficient (Wildman–Crippen LogP) is -0.880. The number of amides is 1. The van der Waals surface area contributed by atoms with Crippen molar-refractivity contribution in [2.24, 2.45) is 0 Å². The molecular weight excluding hydrogens is 282 g/mol. The number of nitrogens with zero attached hydrogens (tertiary/aromatic N) is 1. The van der Waals surface area contributed by atoms with Crippen LogP contribution in [-0.2, 0) is 10.0 Å². The van der Waals surface area contributed by atoms with Crippen LogP contribution in [-0.4, -0.2) is 49.7 Å². The van der Waals surface area contributed by atoms with E-state index in [1.54, 1.807) is 0 Å². The lowest BCUT2D eigenvalue weighted by Crippen LogP contribution is -2.34. The first kappa shape index (κ1) is 14.5. The number of rotatable bonds is 6. The van der Waals surface area contributed by atoms with Crippen molar-refractivity contribution in [1.29, 1.82) is 0 Å². The van der Waals surface area contributed by atoms with Gasteiger partial charge in [0, 0.05) is 18.5 Å². The van der Waals surface area contributed by atoms with Gasteiger partial charge in [-0.1, -0.05) is 0 Å². The van der Waals surface area contributed by atoms with E-state index in [1.807, 2.05) is 0 Å². The summed E-state index contributed by atoms with van der Waals surface area (Å²) in [7, 11) is -3.29. The van der Waals surface area contributed by atoms with Crippen molar-refractivity contribution < 1.29 is 23.1 Å². The van der Waals surface area contributed by atoms with Gasteiger partial charge in [-0.2, -0.15) is 0 Å². The van der Waals surface area contributed by atoms with Crippen LogP contribution < -0.4 is 10.0 Å². The third-order valence-electron chi connectivity index (χ3n) is 1.69. The van der Waals surface area contributed by atoms with E-state index in [-0.39, 0.29) is 23.8 Å². The highest BCUT2D eigenvalue weighted by Crippen LogP contribution is 2.09. The minimum Gasteiger partial charge on any atom is -0.476 e. The SMILES string of the molecule is CS(=O)(=O)NCCNC(=O)c1nc(C(=O)O)cs1. The van der Waals surface area contributed by atoms with Crippen LogP contribution in [0.5, 0.6) is 0 Å². The molecule has 3 N–H and O–H groups in total. The quantitative estimate of drug-likeness (QED) is 0.585. The van der Waals surface area contributed by atoms with Gasteiger partial charge in [0.2, 0.25) is 10.0 Å². The number of aromatic nitrogens is 1. The molecule has 1 heterocycles. The van der Waals surface area contributed by atoms with Crippen LogP contribution in [0.15, 0.2) is 5.38 Å². The van der Waals surface area contributed by atoms with Crippen molar-refractivity contribution >= 4 is 33.2 Å². The average molecular weight is 293 g/mol. The van der Waals surface area contributed by atoms with Gasteiger partial charge in [-0.25, -0.2) is 22.9 Å². The van der Waals surface area contributed by atoms with Gasteiger partial charge in [0.1, 0.15) is 0 Å². The zero-order valence-electron chi connectivity index (χ0n) is 9.34. The fourth-order valence-electron chi connectivity index (χ4n) is 0.964. The van der Waals surface area contributed by atoms with Crippen LogP contribution in [0.2, 0.25) is 0 Å². The summed E-state index contributed by atoms with van der Waals surface area (Å²) in [6, 6.07) is 0. The summed E-state index contributed by atoms with van der Waals surface area (Å²) in [6.07, 6.45) is 1.01. The molecule has 0 spiro atoms. The second kappa shape index (κ2) is 5.89. The van der Waals surface area contributed by atoms with Crippen LogP contribution in [0.3, 0.4) is 0 Å². The summed E-state index contributed by atoms with van der Waals surface area (Å²) in [5.41, 5.74) is -0.195. The Labute approximate surface area is 107 Å². The fraction of sp³-hybridized carbons (Fsp3) is 0.375. The predicted molar refractivity (Wildman–Crippen MR) is 64.3 cm³/mol. The third-order valence-corrected chi connectivity index (χ3v) is 3.26. The van der Waals surface area contributed by atoms with Gasteiger partial charge in [0.15, 0.2) is 10.7 Å². The summed E-state index contributed by atoms with van der Waals surface area (Å²) in [5.74, 6) is -1.74. The number of thiazole rings is 1. The molecular formula is C8H11N3O5S2. The van der Waals surface area contributed by atoms with Gasteiger partial charge in [-0.15, -0.1) is 11.3 Å². The number of carbonyl (C=O) groups excluding carboxylic acids is 1. The van der Waals surface area contributed by atoms with Crippen molar-refractivity contribution in [3.05, 3.63) is 16.1 Å². The number of aromatic carboxylic acids is 1. The molecule has 0 bridgehead atoms. The second-order valence-corrected chi connectivity index (χ2v) is 5.96. The van der Waals surface area contributed by atoms with E-state index in [2.05, 4.69) is 15.0 Å². The molecule has 0 fully saturated rings. The number of carboxylic acid groups (broad SMARTS) is 1. The highest BCUT2D eigenvalue weighted by Gasteiger charge is 2.14. The van der Waals surface area contributed by atoms with Gasteiger partial charge in [0.05, 0.1) is 6.26 Å². The van der Waals surface area contributed by atoms with Crippen LogP contribution in [0.4, 0.5) is 0 Å². The Morgan fingerprint density at radius 1 is 1.44 bits per heavy atom. The van der Waals surface area contributed by atoms with Gasteiger partial charge < -0.3 is 10.4 Å². The molecule has 1 aromatic rings. The number of hydrogen-bond donors (Lipinski definition) is 3. The Hall–Kier alpha value is -1.52. The summed E-state index contributed by atoms with van der Waals surface area (Å²) in [5, 5.41) is 12.3. The lowest BCUT2D eigenvalue weighted by molar-refractivity contribution is 0.0691. The summed E-state index contributed by atoms with van der Waals surface area (Å²) < 4.78 is 23.6. The Morgan fingerprint density at radius 2 is 2.11 bits per heavy atom. The lowest BCUT2D eigenvalue weighted by Gasteiger charge is -2.03. The summed E-state index contributed by atoms with van der Waals surface area (Å²) in [4.78, 5) is 25.6. The minimum atomic E-state index is -3.29. The Kier molecular flexibility index (Phi) is 4.76. The van der Waals surface area contributed by atoms with Crippen LogP contribution in [0, 0.1) is 0 Å². The fourth-order valence-corrected chi connectivity index (χ4v) is 2.14. The van der Waals surface area contributed by atoms with E-state index in [4.69, 9.17) is 5.11 Å². The molecule has 0 atom stereocenters. The van der Waals surface area contributed by atoms with Gasteiger partial charge in [-0.05, 0) is 0 Å². The molecule has 10 heteroatoms. The molecule has 0 aromatic carbocycles.